The van der Waals surface area contributed by atoms with Crippen molar-refractivity contribution in [3.8, 4) is 11.5 Å². The van der Waals surface area contributed by atoms with Gasteiger partial charge in [-0.1, -0.05) is 65.9 Å². The van der Waals surface area contributed by atoms with E-state index in [1.807, 2.05) is 43.4 Å². The standard InChI is InChI=1S/C30H31N5O3S/c1-20-8-7-9-22(16-20)18-35-24-11-6-5-10-23(24)28-29(35)31-30(33-32-28)39-19-27(36)34(2)15-14-21-12-13-25(37-3)26(17-21)38-4/h5-13,16-17H,14-15,18-19H2,1-4H3. The molecule has 0 saturated carbocycles. The number of thioether (sulfide) groups is 1. The summed E-state index contributed by atoms with van der Waals surface area (Å²) < 4.78 is 12.9. The van der Waals surface area contributed by atoms with Gasteiger partial charge in [-0.05, 0) is 42.7 Å². The number of rotatable bonds is 10. The molecular weight excluding hydrogens is 510 g/mol. The van der Waals surface area contributed by atoms with Crippen LogP contribution in [-0.2, 0) is 17.8 Å². The van der Waals surface area contributed by atoms with Crippen LogP contribution in [0.4, 0.5) is 0 Å². The quantitative estimate of drug-likeness (QED) is 0.226. The maximum Gasteiger partial charge on any atom is 0.232 e. The summed E-state index contributed by atoms with van der Waals surface area (Å²) in [6, 6.07) is 22.4. The number of likely N-dealkylation sites (N-methyl/N-ethyl adjacent to an activating group) is 1. The van der Waals surface area contributed by atoms with Gasteiger partial charge in [0, 0.05) is 25.5 Å². The van der Waals surface area contributed by atoms with Crippen LogP contribution in [0.2, 0.25) is 0 Å². The van der Waals surface area contributed by atoms with Crippen LogP contribution < -0.4 is 9.47 Å². The lowest BCUT2D eigenvalue weighted by Gasteiger charge is -2.17. The van der Waals surface area contributed by atoms with Gasteiger partial charge in [-0.25, -0.2) is 4.98 Å². The topological polar surface area (TPSA) is 82.4 Å². The van der Waals surface area contributed by atoms with Gasteiger partial charge in [0.1, 0.15) is 5.52 Å². The molecule has 0 aliphatic rings. The molecule has 0 N–H and O–H groups in total. The lowest BCUT2D eigenvalue weighted by molar-refractivity contribution is -0.127. The minimum Gasteiger partial charge on any atom is -0.493 e. The van der Waals surface area contributed by atoms with E-state index in [2.05, 4.69) is 52.0 Å². The number of carbonyl (C=O) groups excluding carboxylic acids is 1. The van der Waals surface area contributed by atoms with Crippen LogP contribution in [0.3, 0.4) is 0 Å². The molecule has 39 heavy (non-hydrogen) atoms. The van der Waals surface area contributed by atoms with E-state index in [0.717, 1.165) is 27.6 Å². The second-order valence-electron chi connectivity index (χ2n) is 9.40. The zero-order valence-corrected chi connectivity index (χ0v) is 23.4. The van der Waals surface area contributed by atoms with E-state index in [1.54, 1.807) is 19.1 Å². The number of amides is 1. The van der Waals surface area contributed by atoms with E-state index < -0.39 is 0 Å². The molecule has 0 spiro atoms. The van der Waals surface area contributed by atoms with Crippen molar-refractivity contribution in [2.45, 2.75) is 25.0 Å². The molecule has 2 heterocycles. The van der Waals surface area contributed by atoms with Gasteiger partial charge in [0.2, 0.25) is 11.1 Å². The predicted molar refractivity (Wildman–Crippen MR) is 155 cm³/mol. The minimum absolute atomic E-state index is 0.00415. The number of hydrogen-bond donors (Lipinski definition) is 0. The first-order chi connectivity index (χ1) is 19.0. The number of aryl methyl sites for hydroxylation is 1. The Morgan fingerprint density at radius 3 is 2.56 bits per heavy atom. The molecule has 0 aliphatic carbocycles. The van der Waals surface area contributed by atoms with Crippen LogP contribution in [0.1, 0.15) is 16.7 Å². The van der Waals surface area contributed by atoms with Crippen LogP contribution in [-0.4, -0.2) is 64.1 Å². The van der Waals surface area contributed by atoms with Crippen molar-refractivity contribution in [1.82, 2.24) is 24.6 Å². The molecule has 0 unspecified atom stereocenters. The molecule has 8 nitrogen and oxygen atoms in total. The van der Waals surface area contributed by atoms with Gasteiger partial charge in [-0.3, -0.25) is 4.79 Å². The zero-order chi connectivity index (χ0) is 27.4. The lowest BCUT2D eigenvalue weighted by atomic mass is 10.1. The summed E-state index contributed by atoms with van der Waals surface area (Å²) in [7, 11) is 5.04. The Balaban J connectivity index is 1.29. The molecular formula is C30H31N5O3S. The molecule has 1 amide bonds. The average Bonchev–Trinajstić information content (AvgIpc) is 3.27. The summed E-state index contributed by atoms with van der Waals surface area (Å²) in [5.41, 5.74) is 6.07. The van der Waals surface area contributed by atoms with Crippen LogP contribution in [0, 0.1) is 6.92 Å². The van der Waals surface area contributed by atoms with Crippen molar-refractivity contribution < 1.29 is 14.3 Å². The summed E-state index contributed by atoms with van der Waals surface area (Å²) in [5.74, 6) is 1.60. The smallest absolute Gasteiger partial charge is 0.232 e. The first-order valence-corrected chi connectivity index (χ1v) is 13.7. The van der Waals surface area contributed by atoms with Gasteiger partial charge < -0.3 is 18.9 Å². The number of nitrogens with zero attached hydrogens (tertiary/aromatic N) is 5. The molecule has 0 atom stereocenters. The van der Waals surface area contributed by atoms with E-state index in [-0.39, 0.29) is 11.7 Å². The number of fused-ring (bicyclic) bond motifs is 3. The Kier molecular flexibility index (Phi) is 7.97. The normalized spacial score (nSPS) is 11.2. The van der Waals surface area contributed by atoms with E-state index >= 15 is 0 Å². The minimum atomic E-state index is 0.00415. The van der Waals surface area contributed by atoms with Crippen LogP contribution in [0.25, 0.3) is 22.1 Å². The highest BCUT2D eigenvalue weighted by atomic mass is 32.2. The Morgan fingerprint density at radius 1 is 0.949 bits per heavy atom. The molecule has 3 aromatic carbocycles. The molecule has 2 aromatic heterocycles. The largest absolute Gasteiger partial charge is 0.493 e. The van der Waals surface area contributed by atoms with E-state index in [1.165, 1.54) is 22.9 Å². The third kappa shape index (κ3) is 5.83. The van der Waals surface area contributed by atoms with E-state index in [0.29, 0.717) is 36.2 Å². The number of carbonyl (C=O) groups is 1. The maximum atomic E-state index is 12.9. The molecule has 0 bridgehead atoms. The summed E-state index contributed by atoms with van der Waals surface area (Å²) in [4.78, 5) is 19.5. The van der Waals surface area contributed by atoms with E-state index in [9.17, 15) is 4.79 Å². The van der Waals surface area contributed by atoms with Crippen molar-refractivity contribution in [3.05, 3.63) is 83.4 Å². The fourth-order valence-electron chi connectivity index (χ4n) is 4.60. The first kappa shape index (κ1) is 26.5. The number of benzene rings is 3. The zero-order valence-electron chi connectivity index (χ0n) is 22.5. The van der Waals surface area contributed by atoms with Crippen molar-refractivity contribution >= 4 is 39.7 Å². The highest BCUT2D eigenvalue weighted by Crippen LogP contribution is 2.29. The Hall–Kier alpha value is -4.11. The second-order valence-corrected chi connectivity index (χ2v) is 10.3. The lowest BCUT2D eigenvalue weighted by Crippen LogP contribution is -2.30. The SMILES string of the molecule is COc1ccc(CCN(C)C(=O)CSc2nnc3c4ccccc4n(Cc4cccc(C)c4)c3n2)cc1OC. The van der Waals surface area contributed by atoms with Crippen molar-refractivity contribution in [2.24, 2.45) is 0 Å². The number of ether oxygens (including phenoxy) is 2. The fraction of sp³-hybridized carbons (Fsp3) is 0.267. The van der Waals surface area contributed by atoms with Crippen LogP contribution >= 0.6 is 11.8 Å². The summed E-state index contributed by atoms with van der Waals surface area (Å²) in [6.07, 6.45) is 0.705. The van der Waals surface area contributed by atoms with Gasteiger partial charge in [-0.2, -0.15) is 0 Å². The van der Waals surface area contributed by atoms with Gasteiger partial charge in [0.15, 0.2) is 17.1 Å². The van der Waals surface area contributed by atoms with E-state index in [4.69, 9.17) is 14.5 Å². The molecule has 5 aromatic rings. The number of aromatic nitrogens is 4. The van der Waals surface area contributed by atoms with Crippen molar-refractivity contribution in [3.63, 3.8) is 0 Å². The second kappa shape index (κ2) is 11.7. The van der Waals surface area contributed by atoms with Gasteiger partial charge in [0.25, 0.3) is 0 Å². The molecule has 200 valence electrons. The molecule has 0 radical (unpaired) electrons. The summed E-state index contributed by atoms with van der Waals surface area (Å²) in [6.45, 7) is 3.35. The third-order valence-electron chi connectivity index (χ3n) is 6.71. The average molecular weight is 542 g/mol. The summed E-state index contributed by atoms with van der Waals surface area (Å²) in [5, 5.41) is 10.4. The van der Waals surface area contributed by atoms with Crippen molar-refractivity contribution in [1.29, 1.82) is 0 Å². The maximum absolute atomic E-state index is 12.9. The van der Waals surface area contributed by atoms with Gasteiger partial charge >= 0.3 is 0 Å². The number of methoxy groups -OCH3 is 2. The highest BCUT2D eigenvalue weighted by molar-refractivity contribution is 7.99. The highest BCUT2D eigenvalue weighted by Gasteiger charge is 2.17. The van der Waals surface area contributed by atoms with Crippen LogP contribution in [0.15, 0.2) is 71.9 Å². The summed E-state index contributed by atoms with van der Waals surface area (Å²) >= 11 is 1.31. The number of para-hydroxylation sites is 1. The van der Waals surface area contributed by atoms with Gasteiger partial charge in [-0.15, -0.1) is 10.2 Å². The first-order valence-electron chi connectivity index (χ1n) is 12.7. The predicted octanol–water partition coefficient (Wildman–Crippen LogP) is 5.15. The monoisotopic (exact) mass is 541 g/mol. The van der Waals surface area contributed by atoms with Gasteiger partial charge in [0.05, 0.1) is 25.5 Å². The molecule has 0 fully saturated rings. The molecule has 0 aliphatic heterocycles. The number of hydrogen-bond acceptors (Lipinski definition) is 7. The molecule has 0 saturated heterocycles. The fourth-order valence-corrected chi connectivity index (χ4v) is 5.32. The third-order valence-corrected chi connectivity index (χ3v) is 7.53. The molecule has 9 heteroatoms. The Labute approximate surface area is 232 Å². The van der Waals surface area contributed by atoms with Crippen LogP contribution in [0.5, 0.6) is 11.5 Å². The molecule has 5 rings (SSSR count). The van der Waals surface area contributed by atoms with Crippen molar-refractivity contribution in [2.75, 3.05) is 33.6 Å². The Bertz CT molecular complexity index is 1630. The Morgan fingerprint density at radius 2 is 1.77 bits per heavy atom.